The molecule has 1 aromatic heterocycles. The first-order valence-corrected chi connectivity index (χ1v) is 6.09. The molecule has 2 rings (SSSR count). The zero-order valence-electron chi connectivity index (χ0n) is 9.44. The third-order valence-corrected chi connectivity index (χ3v) is 3.35. The molecule has 0 bridgehead atoms. The Morgan fingerprint density at radius 3 is 2.81 bits per heavy atom. The second-order valence-electron chi connectivity index (χ2n) is 3.75. The molecule has 5 nitrogen and oxygen atoms in total. The summed E-state index contributed by atoms with van der Waals surface area (Å²) in [5.41, 5.74) is 1.11. The molecule has 1 fully saturated rings. The summed E-state index contributed by atoms with van der Waals surface area (Å²) < 4.78 is 13.8. The molecule has 2 heterocycles. The van der Waals surface area contributed by atoms with Gasteiger partial charge in [0.05, 0.1) is 35.6 Å². The summed E-state index contributed by atoms with van der Waals surface area (Å²) in [5.74, 6) is 0. The summed E-state index contributed by atoms with van der Waals surface area (Å²) in [4.78, 5) is 0. The van der Waals surface area contributed by atoms with Crippen LogP contribution in [0.2, 0.25) is 0 Å². The Bertz CT molecular complexity index is 330. The minimum absolute atomic E-state index is 0.112. The Kier molecular flexibility index (Phi) is 3.96. The van der Waals surface area contributed by atoms with E-state index in [2.05, 4.69) is 26.3 Å². The maximum atomic E-state index is 5.46. The molecule has 1 aliphatic heterocycles. The van der Waals surface area contributed by atoms with Gasteiger partial charge >= 0.3 is 0 Å². The van der Waals surface area contributed by atoms with Crippen molar-refractivity contribution in [1.29, 1.82) is 0 Å². The highest BCUT2D eigenvalue weighted by atomic mass is 79.9. The summed E-state index contributed by atoms with van der Waals surface area (Å²) in [6.07, 6.45) is 2.48. The van der Waals surface area contributed by atoms with Crippen molar-refractivity contribution in [2.24, 2.45) is 7.05 Å². The molecular weight excluding hydrogens is 274 g/mol. The first-order chi connectivity index (χ1) is 7.72. The van der Waals surface area contributed by atoms with Crippen molar-refractivity contribution in [1.82, 2.24) is 15.1 Å². The van der Waals surface area contributed by atoms with Crippen molar-refractivity contribution in [3.63, 3.8) is 0 Å². The van der Waals surface area contributed by atoms with Crippen LogP contribution in [0.25, 0.3) is 0 Å². The number of hydrogen-bond donors (Lipinski definition) is 1. The van der Waals surface area contributed by atoms with E-state index in [4.69, 9.17) is 9.47 Å². The van der Waals surface area contributed by atoms with E-state index in [0.717, 1.165) is 16.6 Å². The number of nitrogens with zero attached hydrogens (tertiary/aromatic N) is 2. The van der Waals surface area contributed by atoms with Crippen LogP contribution in [0.3, 0.4) is 0 Å². The number of hydrogen-bond acceptors (Lipinski definition) is 4. The zero-order chi connectivity index (χ0) is 11.5. The topological polar surface area (TPSA) is 48.3 Å². The number of halogens is 1. The van der Waals surface area contributed by atoms with Crippen molar-refractivity contribution in [2.45, 2.75) is 18.8 Å². The monoisotopic (exact) mass is 289 g/mol. The maximum Gasteiger partial charge on any atom is 0.159 e. The standard InChI is InChI=1S/C10H16BrN3O2/c1-12-8(5-9-15-3-4-16-9)10-7(11)6-13-14(10)2/h6,8-9,12H,3-5H2,1-2H3. The van der Waals surface area contributed by atoms with Crippen LogP contribution in [-0.4, -0.2) is 36.3 Å². The van der Waals surface area contributed by atoms with Gasteiger partial charge in [-0.25, -0.2) is 0 Å². The Morgan fingerprint density at radius 1 is 1.62 bits per heavy atom. The molecular formula is C10H16BrN3O2. The maximum absolute atomic E-state index is 5.46. The van der Waals surface area contributed by atoms with E-state index in [1.807, 2.05) is 18.8 Å². The molecule has 0 amide bonds. The Morgan fingerprint density at radius 2 is 2.31 bits per heavy atom. The van der Waals surface area contributed by atoms with Crippen LogP contribution in [0.5, 0.6) is 0 Å². The van der Waals surface area contributed by atoms with Crippen molar-refractivity contribution in [2.75, 3.05) is 20.3 Å². The molecule has 90 valence electrons. The molecule has 0 aliphatic carbocycles. The van der Waals surface area contributed by atoms with Gasteiger partial charge in [-0.05, 0) is 23.0 Å². The first kappa shape index (κ1) is 12.0. The lowest BCUT2D eigenvalue weighted by atomic mass is 10.1. The van der Waals surface area contributed by atoms with Gasteiger partial charge in [-0.2, -0.15) is 5.10 Å². The van der Waals surface area contributed by atoms with E-state index in [9.17, 15) is 0 Å². The molecule has 6 heteroatoms. The number of aryl methyl sites for hydroxylation is 1. The predicted molar refractivity (Wildman–Crippen MR) is 63.0 cm³/mol. The number of rotatable bonds is 4. The van der Waals surface area contributed by atoms with Gasteiger partial charge in [-0.3, -0.25) is 4.68 Å². The highest BCUT2D eigenvalue weighted by Crippen LogP contribution is 2.27. The molecule has 1 unspecified atom stereocenters. The number of nitrogens with one attached hydrogen (secondary N) is 1. The summed E-state index contributed by atoms with van der Waals surface area (Å²) in [7, 11) is 3.86. The van der Waals surface area contributed by atoms with Gasteiger partial charge < -0.3 is 14.8 Å². The molecule has 0 saturated carbocycles. The van der Waals surface area contributed by atoms with Crippen molar-refractivity contribution >= 4 is 15.9 Å². The smallest absolute Gasteiger partial charge is 0.159 e. The largest absolute Gasteiger partial charge is 0.350 e. The van der Waals surface area contributed by atoms with E-state index in [-0.39, 0.29) is 12.3 Å². The van der Waals surface area contributed by atoms with Crippen LogP contribution in [-0.2, 0) is 16.5 Å². The van der Waals surface area contributed by atoms with Gasteiger partial charge in [0.2, 0.25) is 0 Å². The molecule has 1 atom stereocenters. The average molecular weight is 290 g/mol. The van der Waals surface area contributed by atoms with Crippen molar-refractivity contribution in [3.8, 4) is 0 Å². The van der Waals surface area contributed by atoms with Crippen LogP contribution in [0.1, 0.15) is 18.2 Å². The lowest BCUT2D eigenvalue weighted by Crippen LogP contribution is -2.25. The normalized spacial score (nSPS) is 19.2. The molecule has 1 N–H and O–H groups in total. The van der Waals surface area contributed by atoms with Crippen molar-refractivity contribution in [3.05, 3.63) is 16.4 Å². The highest BCUT2D eigenvalue weighted by molar-refractivity contribution is 9.10. The Hall–Kier alpha value is -0.430. The molecule has 0 aromatic carbocycles. The fourth-order valence-electron chi connectivity index (χ4n) is 1.91. The average Bonchev–Trinajstić information content (AvgIpc) is 2.87. The second-order valence-corrected chi connectivity index (χ2v) is 4.60. The lowest BCUT2D eigenvalue weighted by Gasteiger charge is -2.20. The summed E-state index contributed by atoms with van der Waals surface area (Å²) >= 11 is 3.50. The molecule has 0 spiro atoms. The van der Waals surface area contributed by atoms with Crippen molar-refractivity contribution < 1.29 is 9.47 Å². The highest BCUT2D eigenvalue weighted by Gasteiger charge is 2.24. The van der Waals surface area contributed by atoms with E-state index in [1.54, 1.807) is 6.20 Å². The van der Waals surface area contributed by atoms with Crippen LogP contribution in [0.15, 0.2) is 10.7 Å². The van der Waals surface area contributed by atoms with Crippen LogP contribution in [0.4, 0.5) is 0 Å². The SMILES string of the molecule is CNC(CC1OCCO1)c1c(Br)cnn1C. The molecule has 1 aromatic rings. The third kappa shape index (κ3) is 2.45. The van der Waals surface area contributed by atoms with E-state index < -0.39 is 0 Å². The molecule has 16 heavy (non-hydrogen) atoms. The predicted octanol–water partition coefficient (Wildman–Crippen LogP) is 1.21. The van der Waals surface area contributed by atoms with Crippen LogP contribution >= 0.6 is 15.9 Å². The minimum Gasteiger partial charge on any atom is -0.350 e. The summed E-state index contributed by atoms with van der Waals surface area (Å²) in [6, 6.07) is 0.171. The van der Waals surface area contributed by atoms with Gasteiger partial charge in [-0.1, -0.05) is 0 Å². The van der Waals surface area contributed by atoms with E-state index >= 15 is 0 Å². The number of ether oxygens (including phenoxy) is 2. The quantitative estimate of drug-likeness (QED) is 0.905. The van der Waals surface area contributed by atoms with Gasteiger partial charge in [0, 0.05) is 13.5 Å². The second kappa shape index (κ2) is 5.27. The number of aromatic nitrogens is 2. The zero-order valence-corrected chi connectivity index (χ0v) is 11.0. The van der Waals surface area contributed by atoms with Gasteiger partial charge in [0.15, 0.2) is 6.29 Å². The Balaban J connectivity index is 2.09. The van der Waals surface area contributed by atoms with Gasteiger partial charge in [-0.15, -0.1) is 0 Å². The summed E-state index contributed by atoms with van der Waals surface area (Å²) in [6.45, 7) is 1.38. The molecule has 1 aliphatic rings. The van der Waals surface area contributed by atoms with Crippen LogP contribution in [0, 0.1) is 0 Å². The third-order valence-electron chi connectivity index (χ3n) is 2.74. The fraction of sp³-hybridized carbons (Fsp3) is 0.700. The van der Waals surface area contributed by atoms with Gasteiger partial charge in [0.1, 0.15) is 0 Å². The van der Waals surface area contributed by atoms with Crippen LogP contribution < -0.4 is 5.32 Å². The first-order valence-electron chi connectivity index (χ1n) is 5.30. The Labute approximate surface area is 103 Å². The fourth-order valence-corrected chi connectivity index (χ4v) is 2.54. The van der Waals surface area contributed by atoms with E-state index in [1.165, 1.54) is 0 Å². The summed E-state index contributed by atoms with van der Waals surface area (Å²) in [5, 5.41) is 7.47. The molecule has 1 saturated heterocycles. The van der Waals surface area contributed by atoms with Gasteiger partial charge in [0.25, 0.3) is 0 Å². The minimum atomic E-state index is -0.112. The van der Waals surface area contributed by atoms with E-state index in [0.29, 0.717) is 13.2 Å². The molecule has 0 radical (unpaired) electrons. The lowest BCUT2D eigenvalue weighted by molar-refractivity contribution is -0.0530.